The Kier molecular flexibility index (Phi) is 8.35. The van der Waals surface area contributed by atoms with Crippen LogP contribution < -0.4 is 10.1 Å². The summed E-state index contributed by atoms with van der Waals surface area (Å²) < 4.78 is 11.1. The average molecular weight is 519 g/mol. The Morgan fingerprint density at radius 2 is 1.95 bits per heavy atom. The lowest BCUT2D eigenvalue weighted by molar-refractivity contribution is -0.186. The number of amides is 2. The van der Waals surface area contributed by atoms with E-state index >= 15 is 0 Å². The summed E-state index contributed by atoms with van der Waals surface area (Å²) >= 11 is 0. The number of ether oxygens (including phenoxy) is 2. The minimum absolute atomic E-state index is 0.0239. The molecule has 4 rings (SSSR count). The number of methoxy groups -OCH3 is 1. The lowest BCUT2D eigenvalue weighted by Gasteiger charge is -2.60. The van der Waals surface area contributed by atoms with Crippen LogP contribution in [0.5, 0.6) is 5.75 Å². The number of carbonyl (C=O) groups is 2. The molecule has 2 saturated carbocycles. The second kappa shape index (κ2) is 11.2. The molecule has 37 heavy (non-hydrogen) atoms. The Balaban J connectivity index is 1.49. The summed E-state index contributed by atoms with van der Waals surface area (Å²) in [5.74, 6) is 0.286. The molecule has 1 aromatic rings. The van der Waals surface area contributed by atoms with Crippen molar-refractivity contribution in [2.45, 2.75) is 77.0 Å². The van der Waals surface area contributed by atoms with Crippen molar-refractivity contribution in [1.82, 2.24) is 4.90 Å². The van der Waals surface area contributed by atoms with Crippen LogP contribution in [-0.2, 0) is 9.53 Å². The van der Waals surface area contributed by atoms with Gasteiger partial charge < -0.3 is 29.7 Å². The molecular formula is C28H42N2O7. The van der Waals surface area contributed by atoms with Crippen LogP contribution in [0.25, 0.3) is 0 Å². The third kappa shape index (κ3) is 5.31. The average Bonchev–Trinajstić information content (AvgIpc) is 3.37. The maximum Gasteiger partial charge on any atom is 0.411 e. The van der Waals surface area contributed by atoms with Crippen molar-refractivity contribution in [3.63, 3.8) is 0 Å². The van der Waals surface area contributed by atoms with E-state index in [1.54, 1.807) is 36.3 Å². The van der Waals surface area contributed by atoms with E-state index in [2.05, 4.69) is 12.2 Å². The van der Waals surface area contributed by atoms with Crippen molar-refractivity contribution < 1.29 is 34.4 Å². The van der Waals surface area contributed by atoms with E-state index in [9.17, 15) is 24.9 Å². The van der Waals surface area contributed by atoms with Crippen molar-refractivity contribution >= 4 is 17.7 Å². The van der Waals surface area contributed by atoms with Crippen molar-refractivity contribution in [2.75, 3.05) is 32.2 Å². The smallest absolute Gasteiger partial charge is 0.411 e. The molecule has 9 nitrogen and oxygen atoms in total. The van der Waals surface area contributed by atoms with Crippen molar-refractivity contribution in [2.24, 2.45) is 22.7 Å². The molecule has 0 aromatic heterocycles. The quantitative estimate of drug-likeness (QED) is 0.436. The molecule has 1 aromatic carbocycles. The van der Waals surface area contributed by atoms with E-state index in [0.717, 1.165) is 12.8 Å². The molecule has 0 bridgehead atoms. The zero-order chi connectivity index (χ0) is 26.8. The third-order valence-corrected chi connectivity index (χ3v) is 9.54. The minimum Gasteiger partial charge on any atom is -0.497 e. The Morgan fingerprint density at radius 3 is 2.65 bits per heavy atom. The number of likely N-dealkylation sites (tertiary alicyclic amines) is 1. The first-order chi connectivity index (χ1) is 17.7. The summed E-state index contributed by atoms with van der Waals surface area (Å²) in [6.45, 7) is 4.50. The van der Waals surface area contributed by atoms with Gasteiger partial charge in [0.15, 0.2) is 0 Å². The lowest BCUT2D eigenvalue weighted by Crippen LogP contribution is -2.61. The number of nitrogens with zero attached hydrogens (tertiary/aromatic N) is 1. The number of hydrogen-bond acceptors (Lipinski definition) is 7. The highest BCUT2D eigenvalue weighted by Crippen LogP contribution is 2.61. The number of aliphatic hydroxyl groups is 3. The molecule has 3 fully saturated rings. The number of anilines is 1. The number of rotatable bonds is 7. The molecule has 206 valence electrons. The molecule has 1 saturated heterocycles. The van der Waals surface area contributed by atoms with E-state index in [0.29, 0.717) is 43.7 Å². The highest BCUT2D eigenvalue weighted by Gasteiger charge is 2.60. The van der Waals surface area contributed by atoms with Gasteiger partial charge in [-0.25, -0.2) is 4.79 Å². The molecule has 9 heteroatoms. The van der Waals surface area contributed by atoms with Crippen LogP contribution >= 0.6 is 0 Å². The topological polar surface area (TPSA) is 129 Å². The fraction of sp³-hybridized carbons (Fsp3) is 0.714. The number of fused-ring (bicyclic) bond motifs is 1. The summed E-state index contributed by atoms with van der Waals surface area (Å²) in [5.41, 5.74) is -0.567. The van der Waals surface area contributed by atoms with Crippen molar-refractivity contribution in [3.8, 4) is 5.75 Å². The van der Waals surface area contributed by atoms with Crippen LogP contribution in [0.1, 0.15) is 58.8 Å². The molecule has 1 aliphatic heterocycles. The number of hydrogen-bond donors (Lipinski definition) is 4. The van der Waals surface area contributed by atoms with Crippen LogP contribution in [0.4, 0.5) is 10.5 Å². The van der Waals surface area contributed by atoms with Crippen LogP contribution in [0.15, 0.2) is 24.3 Å². The molecule has 0 spiro atoms. The minimum atomic E-state index is -0.721. The van der Waals surface area contributed by atoms with E-state index in [-0.39, 0.29) is 43.4 Å². The number of benzene rings is 1. The van der Waals surface area contributed by atoms with Gasteiger partial charge in [-0.2, -0.15) is 0 Å². The molecule has 2 amide bonds. The van der Waals surface area contributed by atoms with Crippen molar-refractivity contribution in [1.29, 1.82) is 0 Å². The highest BCUT2D eigenvalue weighted by molar-refractivity contribution is 5.85. The lowest BCUT2D eigenvalue weighted by atomic mass is 9.46. The molecule has 2 aliphatic carbocycles. The second-order valence-corrected chi connectivity index (χ2v) is 11.5. The molecule has 7 atom stereocenters. The monoisotopic (exact) mass is 518 g/mol. The Labute approximate surface area is 219 Å². The van der Waals surface area contributed by atoms with E-state index in [1.165, 1.54) is 0 Å². The third-order valence-electron chi connectivity index (χ3n) is 9.54. The first-order valence-electron chi connectivity index (χ1n) is 13.5. The molecule has 0 radical (unpaired) electrons. The first kappa shape index (κ1) is 27.7. The van der Waals surface area contributed by atoms with E-state index in [4.69, 9.17) is 9.47 Å². The van der Waals surface area contributed by atoms with Gasteiger partial charge >= 0.3 is 6.09 Å². The molecule has 4 N–H and O–H groups in total. The van der Waals surface area contributed by atoms with Crippen LogP contribution in [0, 0.1) is 22.7 Å². The molecule has 3 aliphatic rings. The predicted octanol–water partition coefficient (Wildman–Crippen LogP) is 3.17. The Hall–Kier alpha value is -2.36. The molecular weight excluding hydrogens is 476 g/mol. The van der Waals surface area contributed by atoms with Crippen LogP contribution in [0.3, 0.4) is 0 Å². The fourth-order valence-corrected chi connectivity index (χ4v) is 7.42. The standard InChI is InChI=1S/C28H42N2O7/c1-27-12-11-24(37-26(35)29-18-6-4-8-20(14-18)36-3)28(2,17-32)23(27)10-9-22(33)21(27)15-25(34)30-13-5-7-19(30)16-31/h4,6,8,14,19,21-24,31-33H,5,7,9-13,15-17H2,1-3H3,(H,29,35)/t19-,21+,22+,23+,24+,27-,28-/m0/s1. The molecule has 1 heterocycles. The van der Waals surface area contributed by atoms with Gasteiger partial charge in [0.2, 0.25) is 5.91 Å². The van der Waals surface area contributed by atoms with Crippen molar-refractivity contribution in [3.05, 3.63) is 24.3 Å². The van der Waals surface area contributed by atoms with Gasteiger partial charge in [-0.1, -0.05) is 19.9 Å². The zero-order valence-electron chi connectivity index (χ0n) is 22.2. The normalized spacial score (nSPS) is 35.5. The van der Waals surface area contributed by atoms with Crippen LogP contribution in [-0.4, -0.2) is 77.3 Å². The van der Waals surface area contributed by atoms with E-state index < -0.39 is 29.1 Å². The number of aliphatic hydroxyl groups excluding tert-OH is 3. The Bertz CT molecular complexity index is 974. The summed E-state index contributed by atoms with van der Waals surface area (Å²) in [7, 11) is 1.56. The summed E-state index contributed by atoms with van der Waals surface area (Å²) in [6.07, 6.45) is 2.58. The summed E-state index contributed by atoms with van der Waals surface area (Å²) in [6, 6.07) is 6.87. The highest BCUT2D eigenvalue weighted by atomic mass is 16.6. The number of carbonyl (C=O) groups excluding carboxylic acids is 2. The van der Waals surface area contributed by atoms with Gasteiger partial charge in [0.1, 0.15) is 11.9 Å². The second-order valence-electron chi connectivity index (χ2n) is 11.5. The van der Waals surface area contributed by atoms with E-state index in [1.807, 2.05) is 6.92 Å². The van der Waals surface area contributed by atoms with Gasteiger partial charge in [0.05, 0.1) is 32.5 Å². The fourth-order valence-electron chi connectivity index (χ4n) is 7.42. The predicted molar refractivity (Wildman–Crippen MR) is 138 cm³/mol. The largest absolute Gasteiger partial charge is 0.497 e. The first-order valence-corrected chi connectivity index (χ1v) is 13.5. The SMILES string of the molecule is COc1cccc(NC(=O)O[C@@H]2CC[C@]3(C)[C@@H](CC[C@@H](O)[C@H]3CC(=O)N3CCC[C@H]3CO)[C@]2(C)CO)c1. The zero-order valence-corrected chi connectivity index (χ0v) is 22.2. The van der Waals surface area contributed by atoms with Crippen LogP contribution in [0.2, 0.25) is 0 Å². The van der Waals surface area contributed by atoms with Gasteiger partial charge in [0.25, 0.3) is 0 Å². The van der Waals surface area contributed by atoms with Gasteiger partial charge in [-0.15, -0.1) is 0 Å². The van der Waals surface area contributed by atoms with Gasteiger partial charge in [-0.05, 0) is 67.9 Å². The maximum absolute atomic E-state index is 13.3. The maximum atomic E-state index is 13.3. The number of nitrogens with one attached hydrogen (secondary N) is 1. The molecule has 0 unspecified atom stereocenters. The summed E-state index contributed by atoms with van der Waals surface area (Å²) in [5, 5.41) is 34.1. The van der Waals surface area contributed by atoms with Gasteiger partial charge in [0, 0.05) is 30.1 Å². The Morgan fingerprint density at radius 1 is 1.16 bits per heavy atom. The summed E-state index contributed by atoms with van der Waals surface area (Å²) in [4.78, 5) is 27.9. The van der Waals surface area contributed by atoms with Gasteiger partial charge in [-0.3, -0.25) is 10.1 Å².